The van der Waals surface area contributed by atoms with Gasteiger partial charge in [0.1, 0.15) is 0 Å². The molecule has 0 fully saturated rings. The highest BCUT2D eigenvalue weighted by Gasteiger charge is 2.35. The Balaban J connectivity index is 1.80. The molecule has 7 heteroatoms. The van der Waals surface area contributed by atoms with Crippen LogP contribution in [0.4, 0.5) is 4.79 Å². The summed E-state index contributed by atoms with van der Waals surface area (Å²) in [5.41, 5.74) is 5.75. The molecule has 2 heterocycles. The fourth-order valence-electron chi connectivity index (χ4n) is 3.79. The van der Waals surface area contributed by atoms with Crippen molar-refractivity contribution >= 4 is 23.4 Å². The Hall–Kier alpha value is -3.32. The third-order valence-corrected chi connectivity index (χ3v) is 6.52. The Morgan fingerprint density at radius 1 is 1.16 bits per heavy atom. The van der Waals surface area contributed by atoms with Crippen LogP contribution in [0.15, 0.2) is 70.2 Å². The van der Waals surface area contributed by atoms with Gasteiger partial charge >= 0.3 is 6.03 Å². The van der Waals surface area contributed by atoms with Crippen molar-refractivity contribution in [3.63, 3.8) is 0 Å². The number of rotatable bonds is 6. The number of urea groups is 1. The van der Waals surface area contributed by atoms with E-state index in [-0.39, 0.29) is 6.03 Å². The minimum atomic E-state index is -0.393. The van der Waals surface area contributed by atoms with Gasteiger partial charge in [-0.2, -0.15) is 4.98 Å². The van der Waals surface area contributed by atoms with Crippen molar-refractivity contribution < 1.29 is 9.32 Å². The fourth-order valence-corrected chi connectivity index (χ4v) is 4.20. The van der Waals surface area contributed by atoms with Gasteiger partial charge in [-0.3, -0.25) is 4.90 Å². The summed E-state index contributed by atoms with van der Waals surface area (Å²) in [5.74, 6) is 0.905. The summed E-state index contributed by atoms with van der Waals surface area (Å²) >= 11 is 1.68. The van der Waals surface area contributed by atoms with Crippen LogP contribution < -0.4 is 5.32 Å². The van der Waals surface area contributed by atoms with Crippen molar-refractivity contribution in [2.45, 2.75) is 31.7 Å². The van der Waals surface area contributed by atoms with Crippen molar-refractivity contribution in [1.82, 2.24) is 20.4 Å². The number of nitrogens with one attached hydrogen (secondary N) is 1. The quantitative estimate of drug-likeness (QED) is 0.385. The molecule has 0 saturated carbocycles. The molecule has 0 radical (unpaired) electrons. The largest absolute Gasteiger partial charge is 0.334 e. The smallest absolute Gasteiger partial charge is 0.322 e. The first-order chi connectivity index (χ1) is 15.4. The number of thioether (sulfide) groups is 1. The molecular weight excluding hydrogens is 420 g/mol. The molecular formula is C25H26N4O2S. The van der Waals surface area contributed by atoms with E-state index in [0.717, 1.165) is 28.0 Å². The van der Waals surface area contributed by atoms with Crippen LogP contribution >= 0.6 is 11.8 Å². The van der Waals surface area contributed by atoms with E-state index in [4.69, 9.17) is 9.51 Å². The van der Waals surface area contributed by atoms with E-state index in [1.165, 1.54) is 10.5 Å². The Bertz CT molecular complexity index is 1200. The Morgan fingerprint density at radius 3 is 2.56 bits per heavy atom. The molecule has 2 aromatic carbocycles. The molecule has 1 aliphatic rings. The van der Waals surface area contributed by atoms with Crippen molar-refractivity contribution in [1.29, 1.82) is 0 Å². The Morgan fingerprint density at radius 2 is 1.91 bits per heavy atom. The molecule has 1 N–H and O–H groups in total. The predicted molar refractivity (Wildman–Crippen MR) is 128 cm³/mol. The van der Waals surface area contributed by atoms with Crippen LogP contribution in [0.1, 0.15) is 35.5 Å². The molecule has 0 spiro atoms. The minimum absolute atomic E-state index is 0.179. The van der Waals surface area contributed by atoms with E-state index in [2.05, 4.69) is 43.0 Å². The molecule has 1 atom stereocenters. The number of carbonyl (C=O) groups excluding carboxylic acids is 1. The lowest BCUT2D eigenvalue weighted by atomic mass is 9.92. The monoisotopic (exact) mass is 446 g/mol. The SMILES string of the molecule is C=CCN1C(=O)NC(c2ccc(C)c(C)c2)C(c2nc(-c3ccc(SC)cc3)no2)=C1C. The summed E-state index contributed by atoms with van der Waals surface area (Å²) in [5, 5.41) is 7.33. The third kappa shape index (κ3) is 4.08. The molecule has 0 bridgehead atoms. The number of benzene rings is 2. The van der Waals surface area contributed by atoms with Crippen molar-refractivity contribution in [2.75, 3.05) is 12.8 Å². The van der Waals surface area contributed by atoms with Crippen molar-refractivity contribution in [3.8, 4) is 11.4 Å². The fraction of sp³-hybridized carbons (Fsp3) is 0.240. The van der Waals surface area contributed by atoms with Gasteiger partial charge in [-0.05, 0) is 68.0 Å². The summed E-state index contributed by atoms with van der Waals surface area (Å²) in [6.45, 7) is 10.2. The molecule has 1 aliphatic heterocycles. The first kappa shape index (κ1) is 21.9. The average Bonchev–Trinajstić information content (AvgIpc) is 3.28. The van der Waals surface area contributed by atoms with Gasteiger partial charge in [-0.1, -0.05) is 29.4 Å². The van der Waals surface area contributed by atoms with E-state index >= 15 is 0 Å². The number of aryl methyl sites for hydroxylation is 2. The maximum Gasteiger partial charge on any atom is 0.322 e. The number of hydrogen-bond donors (Lipinski definition) is 1. The van der Waals surface area contributed by atoms with Gasteiger partial charge < -0.3 is 9.84 Å². The zero-order chi connectivity index (χ0) is 22.8. The molecule has 0 aliphatic carbocycles. The molecule has 164 valence electrons. The van der Waals surface area contributed by atoms with Gasteiger partial charge in [-0.25, -0.2) is 4.79 Å². The highest BCUT2D eigenvalue weighted by molar-refractivity contribution is 7.98. The first-order valence-electron chi connectivity index (χ1n) is 10.4. The average molecular weight is 447 g/mol. The van der Waals surface area contributed by atoms with Crippen LogP contribution in [0.5, 0.6) is 0 Å². The highest BCUT2D eigenvalue weighted by Crippen LogP contribution is 2.37. The third-order valence-electron chi connectivity index (χ3n) is 5.78. The first-order valence-corrected chi connectivity index (χ1v) is 11.6. The van der Waals surface area contributed by atoms with E-state index in [9.17, 15) is 4.79 Å². The molecule has 32 heavy (non-hydrogen) atoms. The van der Waals surface area contributed by atoms with Crippen LogP contribution in [0.3, 0.4) is 0 Å². The summed E-state index contributed by atoms with van der Waals surface area (Å²) in [6, 6.07) is 13.6. The minimum Gasteiger partial charge on any atom is -0.334 e. The number of nitrogens with zero attached hydrogens (tertiary/aromatic N) is 3. The molecule has 1 aromatic heterocycles. The number of amides is 2. The summed E-state index contributed by atoms with van der Waals surface area (Å²) in [7, 11) is 0. The lowest BCUT2D eigenvalue weighted by molar-refractivity contribution is 0.209. The summed E-state index contributed by atoms with van der Waals surface area (Å²) in [4.78, 5) is 20.4. The van der Waals surface area contributed by atoms with Gasteiger partial charge in [-0.15, -0.1) is 18.3 Å². The Labute approximate surface area is 192 Å². The lowest BCUT2D eigenvalue weighted by Crippen LogP contribution is -2.46. The van der Waals surface area contributed by atoms with E-state index in [0.29, 0.717) is 18.3 Å². The van der Waals surface area contributed by atoms with Crippen LogP contribution in [0, 0.1) is 13.8 Å². The van der Waals surface area contributed by atoms with Gasteiger partial charge in [0.2, 0.25) is 5.82 Å². The van der Waals surface area contributed by atoms with Crippen LogP contribution in [0.25, 0.3) is 17.0 Å². The van der Waals surface area contributed by atoms with Crippen LogP contribution in [-0.2, 0) is 0 Å². The zero-order valence-electron chi connectivity index (χ0n) is 18.7. The van der Waals surface area contributed by atoms with Gasteiger partial charge in [0, 0.05) is 22.7 Å². The number of carbonyl (C=O) groups is 1. The molecule has 4 rings (SSSR count). The second kappa shape index (κ2) is 9.04. The predicted octanol–water partition coefficient (Wildman–Crippen LogP) is 5.76. The molecule has 6 nitrogen and oxygen atoms in total. The van der Waals surface area contributed by atoms with E-state index < -0.39 is 6.04 Å². The van der Waals surface area contributed by atoms with Crippen LogP contribution in [0.2, 0.25) is 0 Å². The zero-order valence-corrected chi connectivity index (χ0v) is 19.5. The van der Waals surface area contributed by atoms with Gasteiger partial charge in [0.05, 0.1) is 11.6 Å². The molecule has 3 aromatic rings. The van der Waals surface area contributed by atoms with Crippen LogP contribution in [-0.4, -0.2) is 33.9 Å². The molecule has 2 amide bonds. The Kier molecular flexibility index (Phi) is 6.19. The highest BCUT2D eigenvalue weighted by atomic mass is 32.2. The van der Waals surface area contributed by atoms with Crippen molar-refractivity contribution in [3.05, 3.63) is 83.4 Å². The maximum absolute atomic E-state index is 12.9. The summed E-state index contributed by atoms with van der Waals surface area (Å²) in [6.07, 6.45) is 3.74. The number of hydrogen-bond acceptors (Lipinski definition) is 5. The second-order valence-electron chi connectivity index (χ2n) is 7.78. The standard InChI is InChI=1S/C25H26N4O2S/c1-6-13-29-17(4)21(22(26-25(29)30)19-8-7-15(2)16(3)14-19)24-27-23(28-31-24)18-9-11-20(32-5)12-10-18/h6-12,14,22H,1,13H2,2-5H3,(H,26,30). The normalized spacial score (nSPS) is 16.3. The number of allylic oxidation sites excluding steroid dienone is 1. The van der Waals surface area contributed by atoms with E-state index in [1.54, 1.807) is 22.7 Å². The van der Waals surface area contributed by atoms with Gasteiger partial charge in [0.25, 0.3) is 5.89 Å². The molecule has 1 unspecified atom stereocenters. The van der Waals surface area contributed by atoms with Gasteiger partial charge in [0.15, 0.2) is 0 Å². The van der Waals surface area contributed by atoms with Crippen molar-refractivity contribution in [2.24, 2.45) is 0 Å². The lowest BCUT2D eigenvalue weighted by Gasteiger charge is -2.34. The second-order valence-corrected chi connectivity index (χ2v) is 8.66. The summed E-state index contributed by atoms with van der Waals surface area (Å²) < 4.78 is 5.72. The molecule has 0 saturated heterocycles. The number of aromatic nitrogens is 2. The topological polar surface area (TPSA) is 71.3 Å². The van der Waals surface area contributed by atoms with E-state index in [1.807, 2.05) is 43.5 Å². The maximum atomic E-state index is 12.9.